The zero-order valence-electron chi connectivity index (χ0n) is 8.77. The van der Waals surface area contributed by atoms with Gasteiger partial charge in [0.05, 0.1) is 6.61 Å². The molecule has 0 radical (unpaired) electrons. The average molecular weight is 263 g/mol. The SMILES string of the molecule is C=CC(=O)OS(=O)(=O)OCCCCCC.[MgH2]. The fourth-order valence-corrected chi connectivity index (χ4v) is 1.49. The molecule has 0 unspecified atom stereocenters. The zero-order valence-corrected chi connectivity index (χ0v) is 9.59. The quantitative estimate of drug-likeness (QED) is 0.365. The molecule has 0 aromatic carbocycles. The van der Waals surface area contributed by atoms with Crippen LogP contribution >= 0.6 is 0 Å². The lowest BCUT2D eigenvalue weighted by Crippen LogP contribution is -2.14. The van der Waals surface area contributed by atoms with Crippen molar-refractivity contribution in [2.24, 2.45) is 0 Å². The zero-order chi connectivity index (χ0) is 11.7. The van der Waals surface area contributed by atoms with Crippen LogP contribution in [-0.2, 0) is 23.6 Å². The fraction of sp³-hybridized carbons (Fsp3) is 0.667. The van der Waals surface area contributed by atoms with Crippen molar-refractivity contribution in [3.8, 4) is 0 Å². The summed E-state index contributed by atoms with van der Waals surface area (Å²) < 4.78 is 30.3. The van der Waals surface area contributed by atoms with Gasteiger partial charge in [-0.2, -0.15) is 8.42 Å². The standard InChI is InChI=1S/C9H16O5S.Mg.2H/c1-3-5-6-7-8-13-15(11,12)14-9(10)4-2;;;/h4H,2-3,5-8H2,1H3;;;. The van der Waals surface area contributed by atoms with Crippen LogP contribution in [0.15, 0.2) is 12.7 Å². The number of carbonyl (C=O) groups excluding carboxylic acids is 1. The minimum Gasteiger partial charge on any atom is -0.321 e. The minimum absolute atomic E-state index is 0. The summed E-state index contributed by atoms with van der Waals surface area (Å²) in [6.07, 6.45) is 4.35. The molecule has 0 fully saturated rings. The van der Waals surface area contributed by atoms with Crippen molar-refractivity contribution in [3.63, 3.8) is 0 Å². The molecule has 0 rings (SSSR count). The predicted molar refractivity (Wildman–Crippen MR) is 63.8 cm³/mol. The van der Waals surface area contributed by atoms with E-state index in [1.54, 1.807) is 0 Å². The molecule has 0 saturated heterocycles. The lowest BCUT2D eigenvalue weighted by molar-refractivity contribution is -0.129. The first-order chi connectivity index (χ1) is 7.02. The van der Waals surface area contributed by atoms with E-state index in [9.17, 15) is 13.2 Å². The molecule has 16 heavy (non-hydrogen) atoms. The molecule has 7 heteroatoms. The van der Waals surface area contributed by atoms with E-state index in [0.29, 0.717) is 6.42 Å². The van der Waals surface area contributed by atoms with E-state index in [4.69, 9.17) is 0 Å². The molecule has 0 spiro atoms. The van der Waals surface area contributed by atoms with Gasteiger partial charge in [-0.3, -0.25) is 0 Å². The van der Waals surface area contributed by atoms with Crippen molar-refractivity contribution in [1.82, 2.24) is 0 Å². The van der Waals surface area contributed by atoms with Gasteiger partial charge in [0.1, 0.15) is 0 Å². The van der Waals surface area contributed by atoms with Gasteiger partial charge in [-0.1, -0.05) is 32.8 Å². The molecule has 0 heterocycles. The number of rotatable bonds is 8. The van der Waals surface area contributed by atoms with Gasteiger partial charge in [0.15, 0.2) is 0 Å². The fourth-order valence-electron chi connectivity index (χ4n) is 0.848. The summed E-state index contributed by atoms with van der Waals surface area (Å²) in [5, 5.41) is 0. The first-order valence-corrected chi connectivity index (χ1v) is 6.10. The van der Waals surface area contributed by atoms with Crippen molar-refractivity contribution in [1.29, 1.82) is 0 Å². The van der Waals surface area contributed by atoms with Gasteiger partial charge < -0.3 is 4.18 Å². The molecular formula is C9H18MgO5S. The maximum atomic E-state index is 10.9. The second kappa shape index (κ2) is 10.1. The summed E-state index contributed by atoms with van der Waals surface area (Å²) >= 11 is 0. The molecule has 92 valence electrons. The molecule has 0 aromatic heterocycles. The van der Waals surface area contributed by atoms with Crippen molar-refractivity contribution in [2.45, 2.75) is 32.6 Å². The molecule has 0 bridgehead atoms. The highest BCUT2D eigenvalue weighted by Gasteiger charge is 2.15. The van der Waals surface area contributed by atoms with Crippen LogP contribution in [0.2, 0.25) is 0 Å². The first kappa shape index (κ1) is 18.3. The summed E-state index contributed by atoms with van der Waals surface area (Å²) in [7, 11) is -4.20. The number of hydrogen-bond acceptors (Lipinski definition) is 5. The van der Waals surface area contributed by atoms with E-state index < -0.39 is 16.4 Å². The molecule has 0 aromatic rings. The molecule has 0 amide bonds. The van der Waals surface area contributed by atoms with Gasteiger partial charge in [-0.25, -0.2) is 8.98 Å². The Labute approximate surface area is 113 Å². The van der Waals surface area contributed by atoms with Crippen LogP contribution in [0.1, 0.15) is 32.6 Å². The molecule has 0 saturated carbocycles. The van der Waals surface area contributed by atoms with Crippen LogP contribution in [0.5, 0.6) is 0 Å². The smallest absolute Gasteiger partial charge is 0.321 e. The highest BCUT2D eigenvalue weighted by atomic mass is 32.3. The van der Waals surface area contributed by atoms with Gasteiger partial charge in [-0.15, -0.1) is 0 Å². The highest BCUT2D eigenvalue weighted by Crippen LogP contribution is 2.03. The predicted octanol–water partition coefficient (Wildman–Crippen LogP) is 0.641. The Hall–Kier alpha value is -0.114. The molecule has 0 aliphatic rings. The number of hydrogen-bond donors (Lipinski definition) is 0. The maximum Gasteiger partial charge on any atom is 0.451 e. The lowest BCUT2D eigenvalue weighted by atomic mass is 10.2. The van der Waals surface area contributed by atoms with E-state index in [1.807, 2.05) is 6.92 Å². The Morgan fingerprint density at radius 1 is 1.31 bits per heavy atom. The topological polar surface area (TPSA) is 69.7 Å². The average Bonchev–Trinajstić information content (AvgIpc) is 2.16. The van der Waals surface area contributed by atoms with Crippen molar-refractivity contribution < 1.29 is 21.6 Å². The van der Waals surface area contributed by atoms with Crippen LogP contribution in [0.25, 0.3) is 0 Å². The third-order valence-electron chi connectivity index (χ3n) is 1.58. The summed E-state index contributed by atoms with van der Waals surface area (Å²) in [6.45, 7) is 5.15. The van der Waals surface area contributed by atoms with Gasteiger partial charge in [-0.05, 0) is 6.42 Å². The Bertz CT molecular complexity index is 299. The summed E-state index contributed by atoms with van der Waals surface area (Å²) in [5.74, 6) is -1.04. The Morgan fingerprint density at radius 3 is 2.44 bits per heavy atom. The Balaban J connectivity index is 0. The number of carbonyl (C=O) groups is 1. The maximum absolute atomic E-state index is 10.9. The van der Waals surface area contributed by atoms with Crippen molar-refractivity contribution in [2.75, 3.05) is 6.61 Å². The lowest BCUT2D eigenvalue weighted by Gasteiger charge is -2.03. The van der Waals surface area contributed by atoms with Gasteiger partial charge in [0, 0.05) is 6.08 Å². The summed E-state index contributed by atoms with van der Waals surface area (Å²) in [6, 6.07) is 0. The third kappa shape index (κ3) is 10.4. The summed E-state index contributed by atoms with van der Waals surface area (Å²) in [5.41, 5.74) is 0. The van der Waals surface area contributed by atoms with Crippen molar-refractivity contribution >= 4 is 39.4 Å². The van der Waals surface area contributed by atoms with Crippen LogP contribution in [-0.4, -0.2) is 44.0 Å². The third-order valence-corrected chi connectivity index (χ3v) is 2.40. The normalized spacial score (nSPS) is 10.3. The second-order valence-corrected chi connectivity index (χ2v) is 4.12. The van der Waals surface area contributed by atoms with Crippen molar-refractivity contribution in [3.05, 3.63) is 12.7 Å². The van der Waals surface area contributed by atoms with E-state index in [0.717, 1.165) is 25.3 Å². The molecule has 0 aliphatic heterocycles. The molecular weight excluding hydrogens is 244 g/mol. The van der Waals surface area contributed by atoms with Gasteiger partial charge >= 0.3 is 39.4 Å². The van der Waals surface area contributed by atoms with E-state index in [1.165, 1.54) is 0 Å². The number of unbranched alkanes of at least 4 members (excludes halogenated alkanes) is 3. The van der Waals surface area contributed by atoms with E-state index in [-0.39, 0.29) is 29.7 Å². The van der Waals surface area contributed by atoms with Gasteiger partial charge in [0.2, 0.25) is 0 Å². The minimum atomic E-state index is -4.20. The van der Waals surface area contributed by atoms with Crippen LogP contribution < -0.4 is 0 Å². The molecule has 0 aliphatic carbocycles. The Kier molecular flexibility index (Phi) is 11.5. The van der Waals surface area contributed by atoms with Crippen LogP contribution in [0.3, 0.4) is 0 Å². The second-order valence-electron chi connectivity index (χ2n) is 2.90. The van der Waals surface area contributed by atoms with Gasteiger partial charge in [0.25, 0.3) is 0 Å². The van der Waals surface area contributed by atoms with Crippen LogP contribution in [0, 0.1) is 0 Å². The first-order valence-electron chi connectivity index (χ1n) is 4.77. The Morgan fingerprint density at radius 2 is 1.94 bits per heavy atom. The highest BCUT2D eigenvalue weighted by molar-refractivity contribution is 7.82. The van der Waals surface area contributed by atoms with Crippen LogP contribution in [0.4, 0.5) is 0 Å². The largest absolute Gasteiger partial charge is 0.451 e. The molecule has 5 nitrogen and oxygen atoms in total. The monoisotopic (exact) mass is 262 g/mol. The van der Waals surface area contributed by atoms with E-state index in [2.05, 4.69) is 14.9 Å². The van der Waals surface area contributed by atoms with E-state index >= 15 is 0 Å². The molecule has 0 N–H and O–H groups in total. The molecule has 0 atom stereocenters. The summed E-state index contributed by atoms with van der Waals surface area (Å²) in [4.78, 5) is 10.6.